The molecule has 1 aliphatic rings. The number of fused-ring (bicyclic) bond motifs is 1. The minimum Gasteiger partial charge on any atom is -0.465 e. The van der Waals surface area contributed by atoms with E-state index < -0.39 is 5.54 Å². The number of likely N-dealkylation sites (N-methyl/N-ethyl adjacent to an activating group) is 1. The lowest BCUT2D eigenvalue weighted by Crippen LogP contribution is -2.50. The second kappa shape index (κ2) is 6.60. The molecule has 0 saturated carbocycles. The fraction of sp³-hybridized carbons (Fsp3) is 0.750. The Balaban J connectivity index is 2.14. The van der Waals surface area contributed by atoms with E-state index in [-0.39, 0.29) is 12.0 Å². The van der Waals surface area contributed by atoms with Crippen LogP contribution in [0, 0.1) is 0 Å². The Labute approximate surface area is 127 Å². The lowest BCUT2D eigenvalue weighted by Gasteiger charge is -2.31. The smallest absolute Gasteiger partial charge is 0.326 e. The molecular formula is C16H27N3O2. The number of nitrogens with one attached hydrogen (secondary N) is 1. The summed E-state index contributed by atoms with van der Waals surface area (Å²) in [6, 6.07) is 0.209. The molecule has 0 fully saturated rings. The largest absolute Gasteiger partial charge is 0.465 e. The molecule has 0 radical (unpaired) electrons. The van der Waals surface area contributed by atoms with Gasteiger partial charge in [-0.1, -0.05) is 0 Å². The number of hydrogen-bond donors (Lipinski definition) is 1. The SMILES string of the molecule is CCOC(=O)C(C)(CC(C)n1cnc2c1CCCC2)NC. The third kappa shape index (κ3) is 3.28. The van der Waals surface area contributed by atoms with Gasteiger partial charge in [-0.3, -0.25) is 4.79 Å². The molecule has 0 spiro atoms. The molecule has 1 N–H and O–H groups in total. The highest BCUT2D eigenvalue weighted by Gasteiger charge is 2.35. The molecule has 1 heterocycles. The molecular weight excluding hydrogens is 266 g/mol. The van der Waals surface area contributed by atoms with Gasteiger partial charge in [0.05, 0.1) is 18.6 Å². The number of nitrogens with zero attached hydrogens (tertiary/aromatic N) is 2. The van der Waals surface area contributed by atoms with E-state index in [1.807, 2.05) is 27.2 Å². The van der Waals surface area contributed by atoms with Gasteiger partial charge in [0.15, 0.2) is 0 Å². The minimum absolute atomic E-state index is 0.187. The first-order valence-electron chi connectivity index (χ1n) is 7.92. The molecule has 1 aromatic rings. The van der Waals surface area contributed by atoms with Gasteiger partial charge in [-0.25, -0.2) is 4.98 Å². The summed E-state index contributed by atoms with van der Waals surface area (Å²) in [5, 5.41) is 3.13. The minimum atomic E-state index is -0.665. The van der Waals surface area contributed by atoms with Crippen molar-refractivity contribution in [1.82, 2.24) is 14.9 Å². The fourth-order valence-corrected chi connectivity index (χ4v) is 3.14. The van der Waals surface area contributed by atoms with E-state index in [0.717, 1.165) is 12.8 Å². The van der Waals surface area contributed by atoms with Gasteiger partial charge in [-0.2, -0.15) is 0 Å². The summed E-state index contributed by atoms with van der Waals surface area (Å²) >= 11 is 0. The molecule has 5 nitrogen and oxygen atoms in total. The predicted octanol–water partition coefficient (Wildman–Crippen LogP) is 2.25. The van der Waals surface area contributed by atoms with Crippen molar-refractivity contribution in [1.29, 1.82) is 0 Å². The van der Waals surface area contributed by atoms with Crippen molar-refractivity contribution in [3.8, 4) is 0 Å². The van der Waals surface area contributed by atoms with Crippen molar-refractivity contribution in [2.75, 3.05) is 13.7 Å². The number of rotatable bonds is 6. The average molecular weight is 293 g/mol. The monoisotopic (exact) mass is 293 g/mol. The van der Waals surface area contributed by atoms with Crippen LogP contribution in [0.1, 0.15) is 57.5 Å². The zero-order valence-corrected chi connectivity index (χ0v) is 13.6. The predicted molar refractivity (Wildman–Crippen MR) is 82.3 cm³/mol. The molecule has 0 amide bonds. The number of carbonyl (C=O) groups excluding carboxylic acids is 1. The number of esters is 1. The van der Waals surface area contributed by atoms with E-state index in [1.165, 1.54) is 24.2 Å². The van der Waals surface area contributed by atoms with Gasteiger partial charge < -0.3 is 14.6 Å². The Morgan fingerprint density at radius 2 is 2.24 bits per heavy atom. The number of imidazole rings is 1. The van der Waals surface area contributed by atoms with Crippen molar-refractivity contribution in [2.24, 2.45) is 0 Å². The number of aryl methyl sites for hydroxylation is 1. The maximum absolute atomic E-state index is 12.2. The summed E-state index contributed by atoms with van der Waals surface area (Å²) in [6.07, 6.45) is 7.25. The summed E-state index contributed by atoms with van der Waals surface area (Å²) in [7, 11) is 1.81. The van der Waals surface area contributed by atoms with Crippen LogP contribution in [0.5, 0.6) is 0 Å². The summed E-state index contributed by atoms with van der Waals surface area (Å²) in [4.78, 5) is 16.7. The Morgan fingerprint density at radius 3 is 2.90 bits per heavy atom. The normalized spacial score (nSPS) is 18.7. The van der Waals surface area contributed by atoms with Gasteiger partial charge >= 0.3 is 5.97 Å². The molecule has 118 valence electrons. The molecule has 0 aromatic carbocycles. The molecule has 0 bridgehead atoms. The van der Waals surface area contributed by atoms with Crippen molar-refractivity contribution in [3.63, 3.8) is 0 Å². The number of aromatic nitrogens is 2. The van der Waals surface area contributed by atoms with Crippen LogP contribution < -0.4 is 5.32 Å². The summed E-state index contributed by atoms with van der Waals surface area (Å²) in [5.41, 5.74) is 1.91. The molecule has 0 saturated heterocycles. The molecule has 2 rings (SSSR count). The Hall–Kier alpha value is -1.36. The topological polar surface area (TPSA) is 56.2 Å². The Bertz CT molecular complexity index is 498. The third-order valence-electron chi connectivity index (χ3n) is 4.52. The van der Waals surface area contributed by atoms with Crippen LogP contribution in [0.15, 0.2) is 6.33 Å². The van der Waals surface area contributed by atoms with Crippen LogP contribution in [-0.4, -0.2) is 34.7 Å². The summed E-state index contributed by atoms with van der Waals surface area (Å²) in [6.45, 7) is 6.30. The standard InChI is InChI=1S/C16H27N3O2/c1-5-21-15(20)16(3,17-4)10-12(2)19-11-18-13-8-6-7-9-14(13)19/h11-12,17H,5-10H2,1-4H3. The van der Waals surface area contributed by atoms with Gasteiger partial charge in [-0.05, 0) is 59.9 Å². The lowest BCUT2D eigenvalue weighted by molar-refractivity contribution is -0.151. The molecule has 2 unspecified atom stereocenters. The lowest BCUT2D eigenvalue weighted by atomic mass is 9.93. The number of hydrogen-bond acceptors (Lipinski definition) is 4. The second-order valence-corrected chi connectivity index (χ2v) is 6.11. The first kappa shape index (κ1) is 16.0. The van der Waals surface area contributed by atoms with Gasteiger partial charge in [0.2, 0.25) is 0 Å². The quantitative estimate of drug-likeness (QED) is 0.817. The zero-order chi connectivity index (χ0) is 15.5. The average Bonchev–Trinajstić information content (AvgIpc) is 2.91. The second-order valence-electron chi connectivity index (χ2n) is 6.11. The van der Waals surface area contributed by atoms with Gasteiger partial charge in [0.25, 0.3) is 0 Å². The maximum Gasteiger partial charge on any atom is 0.326 e. The van der Waals surface area contributed by atoms with Crippen molar-refractivity contribution in [3.05, 3.63) is 17.7 Å². The molecule has 1 aliphatic carbocycles. The first-order valence-corrected chi connectivity index (χ1v) is 7.92. The highest BCUT2D eigenvalue weighted by atomic mass is 16.5. The molecule has 21 heavy (non-hydrogen) atoms. The summed E-state index contributed by atoms with van der Waals surface area (Å²) in [5.74, 6) is -0.187. The van der Waals surface area contributed by atoms with Gasteiger partial charge in [-0.15, -0.1) is 0 Å². The molecule has 5 heteroatoms. The highest BCUT2D eigenvalue weighted by molar-refractivity contribution is 5.80. The van der Waals surface area contributed by atoms with Crippen LogP contribution in [-0.2, 0) is 22.4 Å². The first-order chi connectivity index (χ1) is 10.0. The van der Waals surface area contributed by atoms with Crippen LogP contribution in [0.2, 0.25) is 0 Å². The number of ether oxygens (including phenoxy) is 1. The Morgan fingerprint density at radius 1 is 1.52 bits per heavy atom. The molecule has 1 aromatic heterocycles. The molecule has 0 aliphatic heterocycles. The van der Waals surface area contributed by atoms with Crippen LogP contribution >= 0.6 is 0 Å². The Kier molecular flexibility index (Phi) is 5.04. The third-order valence-corrected chi connectivity index (χ3v) is 4.52. The van der Waals surface area contributed by atoms with Gasteiger partial charge in [0.1, 0.15) is 5.54 Å². The van der Waals surface area contributed by atoms with E-state index in [1.54, 1.807) is 0 Å². The van der Waals surface area contributed by atoms with Crippen LogP contribution in [0.3, 0.4) is 0 Å². The number of carbonyl (C=O) groups is 1. The van der Waals surface area contributed by atoms with E-state index in [0.29, 0.717) is 13.0 Å². The van der Waals surface area contributed by atoms with E-state index in [9.17, 15) is 4.79 Å². The highest BCUT2D eigenvalue weighted by Crippen LogP contribution is 2.27. The van der Waals surface area contributed by atoms with E-state index in [4.69, 9.17) is 4.74 Å². The zero-order valence-electron chi connectivity index (χ0n) is 13.6. The van der Waals surface area contributed by atoms with Crippen molar-refractivity contribution < 1.29 is 9.53 Å². The maximum atomic E-state index is 12.2. The fourth-order valence-electron chi connectivity index (χ4n) is 3.14. The van der Waals surface area contributed by atoms with Crippen molar-refractivity contribution in [2.45, 2.75) is 64.5 Å². The summed E-state index contributed by atoms with van der Waals surface area (Å²) < 4.78 is 7.44. The van der Waals surface area contributed by atoms with E-state index in [2.05, 4.69) is 21.8 Å². The molecule has 2 atom stereocenters. The van der Waals surface area contributed by atoms with Gasteiger partial charge in [0, 0.05) is 11.7 Å². The van der Waals surface area contributed by atoms with E-state index >= 15 is 0 Å². The van der Waals surface area contributed by atoms with Crippen LogP contribution in [0.25, 0.3) is 0 Å². The van der Waals surface area contributed by atoms with Crippen molar-refractivity contribution >= 4 is 5.97 Å². The van der Waals surface area contributed by atoms with Crippen LogP contribution in [0.4, 0.5) is 0 Å².